The Morgan fingerprint density at radius 3 is 2.06 bits per heavy atom. The first kappa shape index (κ1) is 27.5. The van der Waals surface area contributed by atoms with Crippen LogP contribution in [0.15, 0.2) is 25.0 Å². The molecule has 0 aliphatic carbocycles. The zero-order chi connectivity index (χ0) is 25.8. The Hall–Kier alpha value is -3.78. The summed E-state index contributed by atoms with van der Waals surface area (Å²) in [5, 5.41) is 16.9. The number of hydrogen-bond donors (Lipinski definition) is 8. The molecule has 2 aromatic heterocycles. The van der Waals surface area contributed by atoms with Crippen LogP contribution in [0.4, 0.5) is 0 Å². The first-order valence-corrected chi connectivity index (χ1v) is 11.2. The van der Waals surface area contributed by atoms with Crippen LogP contribution in [0.5, 0.6) is 0 Å². The van der Waals surface area contributed by atoms with E-state index >= 15 is 0 Å². The molecule has 3 amide bonds. The summed E-state index contributed by atoms with van der Waals surface area (Å²) in [5.74, 6) is -3.05. The van der Waals surface area contributed by atoms with Crippen molar-refractivity contribution in [2.75, 3.05) is 6.54 Å². The Balaban J connectivity index is 2.00. The van der Waals surface area contributed by atoms with E-state index in [1.807, 2.05) is 0 Å². The smallest absolute Gasteiger partial charge is 0.326 e. The number of hydrogen-bond acceptors (Lipinski definition) is 8. The van der Waals surface area contributed by atoms with Gasteiger partial charge in [0.1, 0.15) is 18.1 Å². The quantitative estimate of drug-likeness (QED) is 0.128. The summed E-state index contributed by atoms with van der Waals surface area (Å²) in [5.41, 5.74) is 12.6. The van der Waals surface area contributed by atoms with Crippen LogP contribution in [0.3, 0.4) is 0 Å². The van der Waals surface area contributed by atoms with Crippen molar-refractivity contribution in [1.29, 1.82) is 0 Å². The molecule has 4 atom stereocenters. The van der Waals surface area contributed by atoms with Gasteiger partial charge in [-0.25, -0.2) is 14.8 Å². The Bertz CT molecular complexity index is 949. The minimum atomic E-state index is -1.18. The number of unbranched alkanes of at least 4 members (excludes halogenated alkanes) is 1. The van der Waals surface area contributed by atoms with E-state index in [0.29, 0.717) is 30.8 Å². The SMILES string of the molecule is CC(NC(=O)C(Cc1cnc[nH]1)NC(=O)C(N)Cc1cnc[nH]1)C(=O)NC(CCCCN)C(=O)O. The van der Waals surface area contributed by atoms with Crippen LogP contribution in [0.25, 0.3) is 0 Å². The predicted molar refractivity (Wildman–Crippen MR) is 125 cm³/mol. The lowest BCUT2D eigenvalue weighted by molar-refractivity contribution is -0.142. The normalized spacial score (nSPS) is 14.4. The highest BCUT2D eigenvalue weighted by atomic mass is 16.4. The van der Waals surface area contributed by atoms with Crippen molar-refractivity contribution in [1.82, 2.24) is 35.9 Å². The van der Waals surface area contributed by atoms with E-state index in [1.54, 1.807) is 6.20 Å². The molecule has 0 fully saturated rings. The molecule has 35 heavy (non-hydrogen) atoms. The molecule has 0 aliphatic heterocycles. The maximum Gasteiger partial charge on any atom is 0.326 e. The van der Waals surface area contributed by atoms with Gasteiger partial charge in [0.25, 0.3) is 0 Å². The van der Waals surface area contributed by atoms with Gasteiger partial charge in [0.2, 0.25) is 17.7 Å². The third kappa shape index (κ3) is 9.17. The van der Waals surface area contributed by atoms with Gasteiger partial charge in [-0.15, -0.1) is 0 Å². The largest absolute Gasteiger partial charge is 0.480 e. The second-order valence-electron chi connectivity index (χ2n) is 8.14. The molecule has 0 saturated carbocycles. The van der Waals surface area contributed by atoms with E-state index in [-0.39, 0.29) is 19.3 Å². The Morgan fingerprint density at radius 2 is 1.51 bits per heavy atom. The molecule has 0 spiro atoms. The van der Waals surface area contributed by atoms with Crippen molar-refractivity contribution >= 4 is 23.7 Å². The second kappa shape index (κ2) is 13.8. The molecule has 0 bridgehead atoms. The number of aromatic nitrogens is 4. The Labute approximate surface area is 202 Å². The van der Waals surface area contributed by atoms with Crippen LogP contribution in [0.2, 0.25) is 0 Å². The van der Waals surface area contributed by atoms with Gasteiger partial charge >= 0.3 is 5.97 Å². The van der Waals surface area contributed by atoms with Crippen LogP contribution >= 0.6 is 0 Å². The number of amides is 3. The third-order valence-electron chi connectivity index (χ3n) is 5.26. The highest BCUT2D eigenvalue weighted by Gasteiger charge is 2.29. The summed E-state index contributed by atoms with van der Waals surface area (Å²) in [7, 11) is 0. The van der Waals surface area contributed by atoms with Crippen molar-refractivity contribution in [3.8, 4) is 0 Å². The number of nitrogens with zero attached hydrogens (tertiary/aromatic N) is 2. The minimum absolute atomic E-state index is 0.0690. The van der Waals surface area contributed by atoms with Crippen LogP contribution in [-0.2, 0) is 32.0 Å². The average Bonchev–Trinajstić information content (AvgIpc) is 3.52. The average molecular weight is 492 g/mol. The number of carboxylic acid groups (broad SMARTS) is 1. The lowest BCUT2D eigenvalue weighted by atomic mass is 10.1. The number of aliphatic carboxylic acids is 1. The first-order valence-electron chi connectivity index (χ1n) is 11.2. The molecule has 0 aromatic carbocycles. The van der Waals surface area contributed by atoms with Gasteiger partial charge in [-0.1, -0.05) is 0 Å². The van der Waals surface area contributed by atoms with Gasteiger partial charge in [0, 0.05) is 36.6 Å². The lowest BCUT2D eigenvalue weighted by Crippen LogP contribution is -2.57. The monoisotopic (exact) mass is 491 g/mol. The number of imidazole rings is 2. The predicted octanol–water partition coefficient (Wildman–Crippen LogP) is -2.07. The maximum atomic E-state index is 13.0. The van der Waals surface area contributed by atoms with Gasteiger partial charge in [-0.2, -0.15) is 0 Å². The fourth-order valence-corrected chi connectivity index (χ4v) is 3.26. The molecule has 4 unspecified atom stereocenters. The zero-order valence-corrected chi connectivity index (χ0v) is 19.5. The van der Waals surface area contributed by atoms with Gasteiger partial charge in [-0.05, 0) is 32.7 Å². The fourth-order valence-electron chi connectivity index (χ4n) is 3.26. The Kier molecular flexibility index (Phi) is 10.8. The molecule has 0 aliphatic rings. The molecule has 2 rings (SSSR count). The number of carboxylic acids is 1. The van der Waals surface area contributed by atoms with Gasteiger partial charge in [0.15, 0.2) is 0 Å². The molecule has 0 radical (unpaired) electrons. The summed E-state index contributed by atoms with van der Waals surface area (Å²) < 4.78 is 0. The van der Waals surface area contributed by atoms with Crippen LogP contribution in [-0.4, -0.2) is 79.4 Å². The molecule has 192 valence electrons. The molecule has 2 heterocycles. The van der Waals surface area contributed by atoms with Gasteiger partial charge < -0.3 is 42.5 Å². The molecule has 10 N–H and O–H groups in total. The topological polar surface area (TPSA) is 234 Å². The summed E-state index contributed by atoms with van der Waals surface area (Å²) in [6.07, 6.45) is 7.58. The second-order valence-corrected chi connectivity index (χ2v) is 8.14. The van der Waals surface area contributed by atoms with Crippen LogP contribution in [0, 0.1) is 0 Å². The number of H-pyrrole nitrogens is 2. The standard InChI is InChI=1S/C21H33N9O5/c1-12(18(31)29-16(21(34)35)4-2-3-5-22)28-20(33)17(7-14-9-25-11-27-14)30-19(32)15(23)6-13-8-24-10-26-13/h8-12,15-17H,2-7,22-23H2,1H3,(H,24,26)(H,25,27)(H,28,33)(H,29,31)(H,30,32)(H,34,35). The van der Waals surface area contributed by atoms with E-state index in [1.165, 1.54) is 25.8 Å². The maximum absolute atomic E-state index is 13.0. The summed E-state index contributed by atoms with van der Waals surface area (Å²) >= 11 is 0. The molecule has 14 heteroatoms. The van der Waals surface area contributed by atoms with Crippen molar-refractivity contribution in [2.45, 2.75) is 63.2 Å². The third-order valence-corrected chi connectivity index (χ3v) is 5.26. The van der Waals surface area contributed by atoms with Crippen molar-refractivity contribution in [3.05, 3.63) is 36.4 Å². The number of rotatable bonds is 15. The number of nitrogens with two attached hydrogens (primary N) is 2. The van der Waals surface area contributed by atoms with E-state index < -0.39 is 47.9 Å². The van der Waals surface area contributed by atoms with E-state index in [0.717, 1.165) is 0 Å². The number of carbonyl (C=O) groups excluding carboxylic acids is 3. The fraction of sp³-hybridized carbons (Fsp3) is 0.524. The summed E-state index contributed by atoms with van der Waals surface area (Å²) in [6, 6.07) is -4.17. The lowest BCUT2D eigenvalue weighted by Gasteiger charge is -2.23. The molecule has 14 nitrogen and oxygen atoms in total. The molecule has 0 saturated heterocycles. The van der Waals surface area contributed by atoms with Crippen LogP contribution < -0.4 is 27.4 Å². The first-order chi connectivity index (χ1) is 16.7. The van der Waals surface area contributed by atoms with Gasteiger partial charge in [-0.3, -0.25) is 14.4 Å². The molecular formula is C21H33N9O5. The van der Waals surface area contributed by atoms with E-state index in [4.69, 9.17) is 11.5 Å². The highest BCUT2D eigenvalue weighted by Crippen LogP contribution is 2.04. The molecular weight excluding hydrogens is 458 g/mol. The van der Waals surface area contributed by atoms with Crippen LogP contribution in [0.1, 0.15) is 37.6 Å². The highest BCUT2D eigenvalue weighted by molar-refractivity contribution is 5.94. The van der Waals surface area contributed by atoms with E-state index in [9.17, 15) is 24.3 Å². The number of nitrogens with one attached hydrogen (secondary N) is 5. The summed E-state index contributed by atoms with van der Waals surface area (Å²) in [4.78, 5) is 63.1. The van der Waals surface area contributed by atoms with Crippen molar-refractivity contribution in [2.24, 2.45) is 11.5 Å². The minimum Gasteiger partial charge on any atom is -0.480 e. The van der Waals surface area contributed by atoms with E-state index in [2.05, 4.69) is 35.9 Å². The Morgan fingerprint density at radius 1 is 0.914 bits per heavy atom. The number of aromatic amines is 2. The van der Waals surface area contributed by atoms with Crippen molar-refractivity contribution < 1.29 is 24.3 Å². The molecule has 2 aromatic rings. The zero-order valence-electron chi connectivity index (χ0n) is 19.5. The summed E-state index contributed by atoms with van der Waals surface area (Å²) in [6.45, 7) is 1.84. The number of carbonyl (C=O) groups is 4. The van der Waals surface area contributed by atoms with Crippen molar-refractivity contribution in [3.63, 3.8) is 0 Å². The van der Waals surface area contributed by atoms with Gasteiger partial charge in [0.05, 0.1) is 18.7 Å².